The molecule has 0 bridgehead atoms. The molecule has 3 N–H and O–H groups in total. The van der Waals surface area contributed by atoms with E-state index in [-0.39, 0.29) is 5.82 Å². The Morgan fingerprint density at radius 1 is 1.56 bits per heavy atom. The third-order valence-corrected chi connectivity index (χ3v) is 2.46. The minimum atomic E-state index is -0.332. The summed E-state index contributed by atoms with van der Waals surface area (Å²) in [5.74, 6) is 0.416. The van der Waals surface area contributed by atoms with Crippen LogP contribution >= 0.6 is 15.9 Å². The first-order valence-electron chi connectivity index (χ1n) is 5.01. The number of nitrogens with two attached hydrogens (primary N) is 1. The molecular weight excluding hydrogens is 273 g/mol. The van der Waals surface area contributed by atoms with E-state index in [0.717, 1.165) is 0 Å². The lowest BCUT2D eigenvalue weighted by atomic mass is 10.2. The van der Waals surface area contributed by atoms with Gasteiger partial charge in [0.15, 0.2) is 5.96 Å². The number of halogens is 2. The summed E-state index contributed by atoms with van der Waals surface area (Å²) in [6.07, 6.45) is 0. The molecule has 16 heavy (non-hydrogen) atoms. The first kappa shape index (κ1) is 13.0. The Morgan fingerprint density at radius 3 is 2.81 bits per heavy atom. The van der Waals surface area contributed by atoms with Crippen molar-refractivity contribution in [1.82, 2.24) is 0 Å². The molecule has 0 radical (unpaired) electrons. The highest BCUT2D eigenvalue weighted by Crippen LogP contribution is 2.18. The zero-order valence-electron chi connectivity index (χ0n) is 9.30. The lowest BCUT2D eigenvalue weighted by Crippen LogP contribution is -2.23. The summed E-state index contributed by atoms with van der Waals surface area (Å²) >= 11 is 3.08. The zero-order chi connectivity index (χ0) is 12.1. The third kappa shape index (κ3) is 4.18. The van der Waals surface area contributed by atoms with Gasteiger partial charge in [-0.2, -0.15) is 0 Å². The van der Waals surface area contributed by atoms with Crippen LogP contribution in [0.3, 0.4) is 0 Å². The van der Waals surface area contributed by atoms with Crippen LogP contribution in [0.4, 0.5) is 10.1 Å². The first-order chi connectivity index (χ1) is 7.49. The fourth-order valence-electron chi connectivity index (χ4n) is 1.04. The van der Waals surface area contributed by atoms with Crippen molar-refractivity contribution in [2.75, 3.05) is 11.9 Å². The summed E-state index contributed by atoms with van der Waals surface area (Å²) < 4.78 is 13.6. The summed E-state index contributed by atoms with van der Waals surface area (Å²) in [5, 5.41) is 2.83. The highest BCUT2D eigenvalue weighted by Gasteiger charge is 2.01. The van der Waals surface area contributed by atoms with Crippen LogP contribution < -0.4 is 11.1 Å². The lowest BCUT2D eigenvalue weighted by molar-refractivity contribution is 0.622. The molecule has 0 fully saturated rings. The van der Waals surface area contributed by atoms with E-state index in [2.05, 4.69) is 40.1 Å². The van der Waals surface area contributed by atoms with Crippen LogP contribution in [0.25, 0.3) is 0 Å². The monoisotopic (exact) mass is 287 g/mol. The highest BCUT2D eigenvalue weighted by molar-refractivity contribution is 9.10. The molecule has 0 aliphatic heterocycles. The SMILES string of the molecule is CC(C)CN=C(N)Nc1ccc(Br)c(F)c1. The Hall–Kier alpha value is -1.10. The molecule has 0 atom stereocenters. The Balaban J connectivity index is 2.66. The normalized spacial score (nSPS) is 11.9. The summed E-state index contributed by atoms with van der Waals surface area (Å²) in [6, 6.07) is 4.71. The molecule has 0 amide bonds. The Labute approximate surface area is 103 Å². The molecule has 0 aliphatic rings. The standard InChI is InChI=1S/C11H15BrFN3/c1-7(2)6-15-11(14)16-8-3-4-9(12)10(13)5-8/h3-5,7H,6H2,1-2H3,(H3,14,15,16). The molecule has 1 aromatic rings. The van der Waals surface area contributed by atoms with Gasteiger partial charge in [0.05, 0.1) is 4.47 Å². The van der Waals surface area contributed by atoms with E-state index in [1.165, 1.54) is 6.07 Å². The number of rotatable bonds is 3. The van der Waals surface area contributed by atoms with Gasteiger partial charge in [-0.1, -0.05) is 13.8 Å². The topological polar surface area (TPSA) is 50.4 Å². The molecule has 0 aliphatic carbocycles. The second kappa shape index (κ2) is 5.84. The van der Waals surface area contributed by atoms with Gasteiger partial charge < -0.3 is 11.1 Å². The van der Waals surface area contributed by atoms with Crippen molar-refractivity contribution in [2.45, 2.75) is 13.8 Å². The van der Waals surface area contributed by atoms with Gasteiger partial charge in [-0.3, -0.25) is 4.99 Å². The Bertz CT molecular complexity index is 391. The number of guanidine groups is 1. The molecule has 0 unspecified atom stereocenters. The van der Waals surface area contributed by atoms with Gasteiger partial charge in [-0.25, -0.2) is 4.39 Å². The van der Waals surface area contributed by atoms with Crippen LogP contribution in [0.5, 0.6) is 0 Å². The Morgan fingerprint density at radius 2 is 2.25 bits per heavy atom. The van der Waals surface area contributed by atoms with Gasteiger partial charge in [-0.05, 0) is 40.0 Å². The molecule has 5 heteroatoms. The van der Waals surface area contributed by atoms with Crippen molar-refractivity contribution in [3.8, 4) is 0 Å². The molecular formula is C11H15BrFN3. The smallest absolute Gasteiger partial charge is 0.193 e. The minimum Gasteiger partial charge on any atom is -0.370 e. The highest BCUT2D eigenvalue weighted by atomic mass is 79.9. The molecule has 0 saturated carbocycles. The van der Waals surface area contributed by atoms with Crippen molar-refractivity contribution in [3.05, 3.63) is 28.5 Å². The van der Waals surface area contributed by atoms with E-state index in [0.29, 0.717) is 28.6 Å². The maximum Gasteiger partial charge on any atom is 0.193 e. The van der Waals surface area contributed by atoms with E-state index < -0.39 is 0 Å². The van der Waals surface area contributed by atoms with Crippen molar-refractivity contribution in [2.24, 2.45) is 16.6 Å². The molecule has 1 aromatic carbocycles. The van der Waals surface area contributed by atoms with Crippen molar-refractivity contribution in [1.29, 1.82) is 0 Å². The van der Waals surface area contributed by atoms with Crippen molar-refractivity contribution >= 4 is 27.6 Å². The third-order valence-electron chi connectivity index (χ3n) is 1.82. The minimum absolute atomic E-state index is 0.301. The first-order valence-corrected chi connectivity index (χ1v) is 5.80. The molecule has 0 spiro atoms. The van der Waals surface area contributed by atoms with E-state index >= 15 is 0 Å². The second-order valence-corrected chi connectivity index (χ2v) is 4.73. The van der Waals surface area contributed by atoms with Crippen LogP contribution in [0.2, 0.25) is 0 Å². The molecule has 0 saturated heterocycles. The summed E-state index contributed by atoms with van der Waals surface area (Å²) in [5.41, 5.74) is 6.24. The number of hydrogen-bond donors (Lipinski definition) is 2. The fourth-order valence-corrected chi connectivity index (χ4v) is 1.29. The molecule has 0 aromatic heterocycles. The molecule has 88 valence electrons. The average molecular weight is 288 g/mol. The maximum absolute atomic E-state index is 13.2. The average Bonchev–Trinajstić information content (AvgIpc) is 2.21. The quantitative estimate of drug-likeness (QED) is 0.663. The van der Waals surface area contributed by atoms with Gasteiger partial charge >= 0.3 is 0 Å². The van der Waals surface area contributed by atoms with E-state index in [1.807, 2.05) is 0 Å². The van der Waals surface area contributed by atoms with Crippen LogP contribution in [0, 0.1) is 11.7 Å². The van der Waals surface area contributed by atoms with Gasteiger partial charge in [0.1, 0.15) is 5.82 Å². The van der Waals surface area contributed by atoms with Crippen LogP contribution in [0.15, 0.2) is 27.7 Å². The van der Waals surface area contributed by atoms with Crippen LogP contribution in [-0.4, -0.2) is 12.5 Å². The Kier molecular flexibility index (Phi) is 4.73. The lowest BCUT2D eigenvalue weighted by Gasteiger charge is -2.07. The second-order valence-electron chi connectivity index (χ2n) is 3.87. The predicted octanol–water partition coefficient (Wildman–Crippen LogP) is 2.97. The van der Waals surface area contributed by atoms with E-state index in [9.17, 15) is 4.39 Å². The number of nitrogens with one attached hydrogen (secondary N) is 1. The van der Waals surface area contributed by atoms with Gasteiger partial charge in [0.25, 0.3) is 0 Å². The summed E-state index contributed by atoms with van der Waals surface area (Å²) in [4.78, 5) is 4.12. The van der Waals surface area contributed by atoms with Crippen molar-refractivity contribution in [3.63, 3.8) is 0 Å². The van der Waals surface area contributed by atoms with Crippen molar-refractivity contribution < 1.29 is 4.39 Å². The van der Waals surface area contributed by atoms with Crippen LogP contribution in [0.1, 0.15) is 13.8 Å². The number of aliphatic imine (C=N–C) groups is 1. The van der Waals surface area contributed by atoms with E-state index in [1.54, 1.807) is 12.1 Å². The van der Waals surface area contributed by atoms with Gasteiger partial charge in [-0.15, -0.1) is 0 Å². The fraction of sp³-hybridized carbons (Fsp3) is 0.364. The van der Waals surface area contributed by atoms with Gasteiger partial charge in [0, 0.05) is 12.2 Å². The number of nitrogens with zero attached hydrogens (tertiary/aromatic N) is 1. The van der Waals surface area contributed by atoms with Crippen LogP contribution in [-0.2, 0) is 0 Å². The summed E-state index contributed by atoms with van der Waals surface area (Å²) in [7, 11) is 0. The molecule has 1 rings (SSSR count). The molecule has 3 nitrogen and oxygen atoms in total. The largest absolute Gasteiger partial charge is 0.370 e. The number of anilines is 1. The predicted molar refractivity (Wildman–Crippen MR) is 69.1 cm³/mol. The van der Waals surface area contributed by atoms with E-state index in [4.69, 9.17) is 5.73 Å². The summed E-state index contributed by atoms with van der Waals surface area (Å²) in [6.45, 7) is 4.75. The maximum atomic E-state index is 13.2. The van der Waals surface area contributed by atoms with Gasteiger partial charge in [0.2, 0.25) is 0 Å². The number of hydrogen-bond acceptors (Lipinski definition) is 1. The zero-order valence-corrected chi connectivity index (χ0v) is 10.9. The number of benzene rings is 1. The molecule has 0 heterocycles.